The van der Waals surface area contributed by atoms with Crippen LogP contribution in [0.1, 0.15) is 21.2 Å². The summed E-state index contributed by atoms with van der Waals surface area (Å²) in [6, 6.07) is 7.92. The van der Waals surface area contributed by atoms with Gasteiger partial charge in [-0.2, -0.15) is 5.10 Å². The molecule has 0 radical (unpaired) electrons. The number of benzene rings is 1. The van der Waals surface area contributed by atoms with Crippen molar-refractivity contribution in [1.82, 2.24) is 14.8 Å². The number of ketones is 1. The maximum Gasteiger partial charge on any atom is 0.188 e. The number of aromatic nitrogens is 3. The van der Waals surface area contributed by atoms with E-state index in [2.05, 4.69) is 10.1 Å². The van der Waals surface area contributed by atoms with Crippen molar-refractivity contribution in [1.29, 1.82) is 0 Å². The molecule has 0 saturated carbocycles. The lowest BCUT2D eigenvalue weighted by Gasteiger charge is -1.95. The van der Waals surface area contributed by atoms with Crippen LogP contribution in [-0.4, -0.2) is 27.1 Å². The Hall–Kier alpha value is -2.05. The lowest BCUT2D eigenvalue weighted by atomic mass is 10.1. The molecule has 1 aromatic carbocycles. The molecule has 0 fully saturated rings. The first-order valence-electron chi connectivity index (χ1n) is 6.77. The van der Waals surface area contributed by atoms with E-state index in [9.17, 15) is 4.79 Å². The molecule has 0 atom stereocenters. The number of para-hydroxylation sites is 1. The van der Waals surface area contributed by atoms with E-state index in [0.717, 1.165) is 21.6 Å². The van der Waals surface area contributed by atoms with Crippen LogP contribution in [0, 0.1) is 0 Å². The molecule has 0 amide bonds. The van der Waals surface area contributed by atoms with Crippen molar-refractivity contribution < 1.29 is 4.79 Å². The Morgan fingerprint density at radius 1 is 1.38 bits per heavy atom. The van der Waals surface area contributed by atoms with Crippen molar-refractivity contribution in [2.45, 2.75) is 12.8 Å². The summed E-state index contributed by atoms with van der Waals surface area (Å²) in [5.41, 5.74) is 7.84. The van der Waals surface area contributed by atoms with E-state index in [1.54, 1.807) is 10.1 Å². The highest BCUT2D eigenvalue weighted by molar-refractivity contribution is 7.09. The molecule has 0 aliphatic carbocycles. The summed E-state index contributed by atoms with van der Waals surface area (Å²) in [4.78, 5) is 16.7. The minimum absolute atomic E-state index is 0.00151. The Morgan fingerprint density at radius 2 is 2.19 bits per heavy atom. The quantitative estimate of drug-likeness (QED) is 0.731. The second-order valence-electron chi connectivity index (χ2n) is 4.85. The molecule has 2 aromatic heterocycles. The van der Waals surface area contributed by atoms with Gasteiger partial charge in [0.25, 0.3) is 0 Å². The number of rotatable bonds is 5. The number of carbonyl (C=O) groups excluding carboxylic acids is 1. The fourth-order valence-electron chi connectivity index (χ4n) is 2.34. The van der Waals surface area contributed by atoms with Crippen LogP contribution in [0.3, 0.4) is 0 Å². The van der Waals surface area contributed by atoms with Gasteiger partial charge in [-0.15, -0.1) is 11.3 Å². The van der Waals surface area contributed by atoms with Crippen molar-refractivity contribution in [3.05, 3.63) is 46.0 Å². The van der Waals surface area contributed by atoms with Crippen molar-refractivity contribution in [3.63, 3.8) is 0 Å². The molecule has 0 unspecified atom stereocenters. The van der Waals surface area contributed by atoms with Crippen molar-refractivity contribution in [3.8, 4) is 0 Å². The second kappa shape index (κ2) is 5.75. The molecule has 0 spiro atoms. The average Bonchev–Trinajstić information content (AvgIpc) is 3.06. The number of nitrogens with zero attached hydrogens (tertiary/aromatic N) is 3. The molecule has 2 heterocycles. The number of hydrogen-bond acceptors (Lipinski definition) is 5. The van der Waals surface area contributed by atoms with Gasteiger partial charge in [0.15, 0.2) is 5.78 Å². The molecular weight excluding hydrogens is 284 g/mol. The van der Waals surface area contributed by atoms with E-state index in [4.69, 9.17) is 5.73 Å². The number of hydrogen-bond donors (Lipinski definition) is 1. The fourth-order valence-corrected chi connectivity index (χ4v) is 3.16. The smallest absolute Gasteiger partial charge is 0.188 e. The first kappa shape index (κ1) is 13.9. The molecular formula is C15H16N4OS. The van der Waals surface area contributed by atoms with Gasteiger partial charge in [0.1, 0.15) is 5.69 Å². The third-order valence-corrected chi connectivity index (χ3v) is 4.27. The van der Waals surface area contributed by atoms with Crippen molar-refractivity contribution in [2.24, 2.45) is 12.8 Å². The Kier molecular flexibility index (Phi) is 3.81. The maximum atomic E-state index is 12.3. The largest absolute Gasteiger partial charge is 0.330 e. The molecule has 3 aromatic rings. The molecule has 108 valence electrons. The maximum absolute atomic E-state index is 12.3. The summed E-state index contributed by atoms with van der Waals surface area (Å²) in [7, 11) is 1.89. The standard InChI is InChI=1S/C15H16N4OS/c1-19-13-5-3-2-4-10(13)11(18-19)8-14(20)12-9-21-15(17-12)6-7-16/h2-5,9H,6-8,16H2,1H3. The lowest BCUT2D eigenvalue weighted by molar-refractivity contribution is 0.0988. The van der Waals surface area contributed by atoms with Gasteiger partial charge in [-0.3, -0.25) is 9.48 Å². The van der Waals surface area contributed by atoms with E-state index >= 15 is 0 Å². The zero-order valence-corrected chi connectivity index (χ0v) is 12.6. The van der Waals surface area contributed by atoms with E-state index in [0.29, 0.717) is 18.7 Å². The van der Waals surface area contributed by atoms with Crippen LogP contribution in [0.2, 0.25) is 0 Å². The monoisotopic (exact) mass is 300 g/mol. The third kappa shape index (κ3) is 2.72. The normalized spacial score (nSPS) is 11.1. The van der Waals surface area contributed by atoms with Gasteiger partial charge < -0.3 is 5.73 Å². The lowest BCUT2D eigenvalue weighted by Crippen LogP contribution is -2.07. The molecule has 5 nitrogen and oxygen atoms in total. The molecule has 0 aliphatic rings. The average molecular weight is 300 g/mol. The number of fused-ring (bicyclic) bond motifs is 1. The Labute approximate surface area is 126 Å². The minimum Gasteiger partial charge on any atom is -0.330 e. The van der Waals surface area contributed by atoms with Gasteiger partial charge >= 0.3 is 0 Å². The van der Waals surface area contributed by atoms with Crippen LogP contribution < -0.4 is 5.73 Å². The summed E-state index contributed by atoms with van der Waals surface area (Å²) >= 11 is 1.48. The van der Waals surface area contributed by atoms with E-state index in [-0.39, 0.29) is 12.2 Å². The van der Waals surface area contributed by atoms with E-state index < -0.39 is 0 Å². The van der Waals surface area contributed by atoms with Gasteiger partial charge in [-0.1, -0.05) is 18.2 Å². The molecule has 2 N–H and O–H groups in total. The van der Waals surface area contributed by atoms with Gasteiger partial charge in [-0.25, -0.2) is 4.98 Å². The zero-order valence-electron chi connectivity index (χ0n) is 11.7. The summed E-state index contributed by atoms with van der Waals surface area (Å²) in [6.45, 7) is 0.548. The Morgan fingerprint density at radius 3 is 3.00 bits per heavy atom. The summed E-state index contributed by atoms with van der Waals surface area (Å²) in [5, 5.41) is 8.18. The molecule has 0 saturated heterocycles. The molecule has 6 heteroatoms. The van der Waals surface area contributed by atoms with Crippen molar-refractivity contribution >= 4 is 28.0 Å². The van der Waals surface area contributed by atoms with E-state index in [1.807, 2.05) is 31.3 Å². The van der Waals surface area contributed by atoms with Gasteiger partial charge in [-0.05, 0) is 12.6 Å². The Balaban J connectivity index is 1.85. The highest BCUT2D eigenvalue weighted by Gasteiger charge is 2.16. The predicted molar refractivity (Wildman–Crippen MR) is 83.6 cm³/mol. The van der Waals surface area contributed by atoms with Gasteiger partial charge in [0, 0.05) is 24.2 Å². The number of carbonyl (C=O) groups is 1. The van der Waals surface area contributed by atoms with Crippen LogP contribution in [-0.2, 0) is 19.9 Å². The van der Waals surface area contributed by atoms with Crippen LogP contribution in [0.25, 0.3) is 10.9 Å². The van der Waals surface area contributed by atoms with Crippen LogP contribution in [0.4, 0.5) is 0 Å². The molecule has 21 heavy (non-hydrogen) atoms. The highest BCUT2D eigenvalue weighted by Crippen LogP contribution is 2.19. The first-order valence-corrected chi connectivity index (χ1v) is 7.65. The molecule has 3 rings (SSSR count). The number of thiazole rings is 1. The zero-order chi connectivity index (χ0) is 14.8. The Bertz CT molecular complexity index is 790. The second-order valence-corrected chi connectivity index (χ2v) is 5.80. The summed E-state index contributed by atoms with van der Waals surface area (Å²) in [6.07, 6.45) is 0.984. The van der Waals surface area contributed by atoms with Crippen molar-refractivity contribution in [2.75, 3.05) is 6.54 Å². The summed E-state index contributed by atoms with van der Waals surface area (Å²) in [5.74, 6) is -0.00151. The van der Waals surface area contributed by atoms with Gasteiger partial charge in [0.05, 0.1) is 22.6 Å². The molecule has 0 bridgehead atoms. The first-order chi connectivity index (χ1) is 10.2. The number of Topliss-reactive ketones (excluding diaryl/α,β-unsaturated/α-hetero) is 1. The number of aryl methyl sites for hydroxylation is 1. The SMILES string of the molecule is Cn1nc(CC(=O)c2csc(CCN)n2)c2ccccc21. The fraction of sp³-hybridized carbons (Fsp3) is 0.267. The van der Waals surface area contributed by atoms with E-state index in [1.165, 1.54) is 11.3 Å². The topological polar surface area (TPSA) is 73.8 Å². The van der Waals surface area contributed by atoms with Crippen LogP contribution in [0.5, 0.6) is 0 Å². The van der Waals surface area contributed by atoms with Crippen LogP contribution in [0.15, 0.2) is 29.6 Å². The van der Waals surface area contributed by atoms with Gasteiger partial charge in [0.2, 0.25) is 0 Å². The number of nitrogens with two attached hydrogens (primary N) is 1. The highest BCUT2D eigenvalue weighted by atomic mass is 32.1. The minimum atomic E-state index is -0.00151. The molecule has 0 aliphatic heterocycles. The third-order valence-electron chi connectivity index (χ3n) is 3.36. The van der Waals surface area contributed by atoms with Crippen LogP contribution >= 0.6 is 11.3 Å². The predicted octanol–water partition coefficient (Wildman–Crippen LogP) is 1.96. The summed E-state index contributed by atoms with van der Waals surface area (Å²) < 4.78 is 1.80.